The fraction of sp³-hybridized carbons (Fsp3) is 0.367. The summed E-state index contributed by atoms with van der Waals surface area (Å²) in [4.78, 5) is 17.7. The number of methoxy groups -OCH3 is 1. The van der Waals surface area contributed by atoms with Gasteiger partial charge in [0.15, 0.2) is 11.5 Å². The Morgan fingerprint density at radius 3 is 2.47 bits per heavy atom. The summed E-state index contributed by atoms with van der Waals surface area (Å²) in [5.74, 6) is 2.98. The summed E-state index contributed by atoms with van der Waals surface area (Å²) in [6.07, 6.45) is 1.94. The van der Waals surface area contributed by atoms with Crippen LogP contribution in [0.5, 0.6) is 17.2 Å². The first-order valence-electron chi connectivity index (χ1n) is 12.8. The van der Waals surface area contributed by atoms with Gasteiger partial charge in [-0.1, -0.05) is 43.3 Å². The molecule has 2 aliphatic heterocycles. The lowest BCUT2D eigenvalue weighted by atomic mass is 9.93. The first kappa shape index (κ1) is 24.2. The van der Waals surface area contributed by atoms with E-state index in [9.17, 15) is 4.79 Å². The maximum atomic E-state index is 13.2. The van der Waals surface area contributed by atoms with Crippen LogP contribution in [-0.4, -0.2) is 55.8 Å². The van der Waals surface area contributed by atoms with Crippen molar-refractivity contribution in [3.8, 4) is 17.2 Å². The lowest BCUT2D eigenvalue weighted by molar-refractivity contribution is 0.0731. The van der Waals surface area contributed by atoms with Gasteiger partial charge in [0.25, 0.3) is 5.91 Å². The highest BCUT2D eigenvalue weighted by molar-refractivity contribution is 5.94. The van der Waals surface area contributed by atoms with Crippen LogP contribution in [0.15, 0.2) is 72.8 Å². The average molecular weight is 487 g/mol. The Hall–Kier alpha value is -3.51. The van der Waals surface area contributed by atoms with Gasteiger partial charge in [0, 0.05) is 37.8 Å². The van der Waals surface area contributed by atoms with E-state index in [0.29, 0.717) is 12.5 Å². The van der Waals surface area contributed by atoms with E-state index in [-0.39, 0.29) is 18.7 Å². The Kier molecular flexibility index (Phi) is 7.42. The number of rotatable bonds is 9. The molecule has 36 heavy (non-hydrogen) atoms. The minimum absolute atomic E-state index is 0.102. The Morgan fingerprint density at radius 1 is 0.972 bits per heavy atom. The van der Waals surface area contributed by atoms with Crippen molar-refractivity contribution in [3.05, 3.63) is 89.5 Å². The topological polar surface area (TPSA) is 51.2 Å². The second-order valence-electron chi connectivity index (χ2n) is 9.49. The van der Waals surface area contributed by atoms with E-state index in [1.54, 1.807) is 7.11 Å². The molecule has 0 bridgehead atoms. The molecule has 3 aromatic carbocycles. The van der Waals surface area contributed by atoms with Crippen LogP contribution in [-0.2, 0) is 0 Å². The molecule has 6 heteroatoms. The van der Waals surface area contributed by atoms with Crippen LogP contribution in [0.25, 0.3) is 0 Å². The van der Waals surface area contributed by atoms with Gasteiger partial charge >= 0.3 is 0 Å². The van der Waals surface area contributed by atoms with Gasteiger partial charge in [-0.3, -0.25) is 9.69 Å². The number of likely N-dealkylation sites (tertiary alicyclic amines) is 1. The molecule has 1 fully saturated rings. The van der Waals surface area contributed by atoms with E-state index in [0.717, 1.165) is 55.3 Å². The van der Waals surface area contributed by atoms with Gasteiger partial charge in [-0.25, -0.2) is 0 Å². The summed E-state index contributed by atoms with van der Waals surface area (Å²) >= 11 is 0. The molecule has 1 saturated heterocycles. The summed E-state index contributed by atoms with van der Waals surface area (Å²) < 4.78 is 16.5. The van der Waals surface area contributed by atoms with E-state index in [4.69, 9.17) is 14.2 Å². The van der Waals surface area contributed by atoms with Gasteiger partial charge in [-0.15, -0.1) is 0 Å². The quantitative estimate of drug-likeness (QED) is 0.399. The predicted molar refractivity (Wildman–Crippen MR) is 140 cm³/mol. The lowest BCUT2D eigenvalue weighted by Crippen LogP contribution is -2.39. The minimum Gasteiger partial charge on any atom is -0.497 e. The van der Waals surface area contributed by atoms with Crippen LogP contribution < -0.4 is 14.2 Å². The Labute approximate surface area is 213 Å². The first-order chi connectivity index (χ1) is 17.7. The van der Waals surface area contributed by atoms with Crippen LogP contribution in [0, 0.1) is 0 Å². The first-order valence-corrected chi connectivity index (χ1v) is 12.8. The highest BCUT2D eigenvalue weighted by atomic mass is 16.7. The molecular weight excluding hydrogens is 452 g/mol. The van der Waals surface area contributed by atoms with Gasteiger partial charge in [0.2, 0.25) is 6.79 Å². The molecule has 0 unspecified atom stereocenters. The largest absolute Gasteiger partial charge is 0.497 e. The van der Waals surface area contributed by atoms with Crippen molar-refractivity contribution in [2.45, 2.75) is 31.7 Å². The number of ether oxygens (including phenoxy) is 3. The van der Waals surface area contributed by atoms with E-state index in [1.807, 2.05) is 53.4 Å². The van der Waals surface area contributed by atoms with Crippen molar-refractivity contribution in [2.75, 3.05) is 40.1 Å². The van der Waals surface area contributed by atoms with Crippen molar-refractivity contribution in [1.29, 1.82) is 0 Å². The molecule has 1 amide bonds. The third kappa shape index (κ3) is 5.19. The zero-order valence-corrected chi connectivity index (χ0v) is 21.1. The third-order valence-electron chi connectivity index (χ3n) is 7.23. The summed E-state index contributed by atoms with van der Waals surface area (Å²) in [6, 6.07) is 24.6. The van der Waals surface area contributed by atoms with Gasteiger partial charge in [0.1, 0.15) is 5.75 Å². The molecule has 3 aromatic rings. The molecule has 2 heterocycles. The molecule has 6 nitrogen and oxygen atoms in total. The Balaban J connectivity index is 1.35. The molecule has 188 valence electrons. The highest BCUT2D eigenvalue weighted by Gasteiger charge is 2.35. The fourth-order valence-electron chi connectivity index (χ4n) is 5.33. The monoisotopic (exact) mass is 486 g/mol. The van der Waals surface area contributed by atoms with Crippen molar-refractivity contribution >= 4 is 5.91 Å². The SMILES string of the molecule is CCCN(CCN1C[C@@H](c2ccc3c(c2)OCO3)C[C@@H]1c1ccc(OC)cc1)C(=O)c1ccccc1. The predicted octanol–water partition coefficient (Wildman–Crippen LogP) is 5.51. The summed E-state index contributed by atoms with van der Waals surface area (Å²) in [5, 5.41) is 0. The van der Waals surface area contributed by atoms with Crippen LogP contribution in [0.4, 0.5) is 0 Å². The standard InChI is InChI=1S/C30H34N2O4/c1-3-15-31(30(33)23-7-5-4-6-8-23)16-17-32-20-25(24-11-14-28-29(19-24)36-21-35-28)18-27(32)22-9-12-26(34-2)13-10-22/h4-14,19,25,27H,3,15-18,20-21H2,1-2H3/t25-,27+/m0/s1. The van der Waals surface area contributed by atoms with E-state index in [2.05, 4.69) is 36.1 Å². The van der Waals surface area contributed by atoms with Crippen molar-refractivity contribution in [3.63, 3.8) is 0 Å². The third-order valence-corrected chi connectivity index (χ3v) is 7.23. The van der Waals surface area contributed by atoms with Gasteiger partial charge < -0.3 is 19.1 Å². The van der Waals surface area contributed by atoms with E-state index >= 15 is 0 Å². The van der Waals surface area contributed by atoms with E-state index in [1.165, 1.54) is 11.1 Å². The zero-order chi connectivity index (χ0) is 24.9. The molecule has 2 aliphatic rings. The van der Waals surface area contributed by atoms with Crippen LogP contribution in [0.2, 0.25) is 0 Å². The normalized spacial score (nSPS) is 18.8. The molecule has 0 aromatic heterocycles. The Morgan fingerprint density at radius 2 is 1.72 bits per heavy atom. The van der Waals surface area contributed by atoms with Crippen LogP contribution in [0.3, 0.4) is 0 Å². The number of nitrogens with zero attached hydrogens (tertiary/aromatic N) is 2. The number of carbonyl (C=O) groups excluding carboxylic acids is 1. The summed E-state index contributed by atoms with van der Waals surface area (Å²) in [7, 11) is 1.69. The molecule has 0 N–H and O–H groups in total. The maximum Gasteiger partial charge on any atom is 0.253 e. The van der Waals surface area contributed by atoms with Gasteiger partial charge in [-0.05, 0) is 66.3 Å². The fourth-order valence-corrected chi connectivity index (χ4v) is 5.33. The zero-order valence-electron chi connectivity index (χ0n) is 21.1. The maximum absolute atomic E-state index is 13.2. The Bertz CT molecular complexity index is 1170. The smallest absolute Gasteiger partial charge is 0.253 e. The molecule has 0 radical (unpaired) electrons. The summed E-state index contributed by atoms with van der Waals surface area (Å²) in [6.45, 7) is 5.60. The highest BCUT2D eigenvalue weighted by Crippen LogP contribution is 2.43. The number of carbonyl (C=O) groups is 1. The molecule has 2 atom stereocenters. The number of fused-ring (bicyclic) bond motifs is 1. The molecule has 0 aliphatic carbocycles. The number of hydrogen-bond acceptors (Lipinski definition) is 5. The van der Waals surface area contributed by atoms with Crippen molar-refractivity contribution in [2.24, 2.45) is 0 Å². The molecule has 5 rings (SSSR count). The number of hydrogen-bond donors (Lipinski definition) is 0. The molecule has 0 spiro atoms. The van der Waals surface area contributed by atoms with Crippen molar-refractivity contribution < 1.29 is 19.0 Å². The molecule has 0 saturated carbocycles. The second-order valence-corrected chi connectivity index (χ2v) is 9.49. The summed E-state index contributed by atoms with van der Waals surface area (Å²) in [5.41, 5.74) is 3.29. The van der Waals surface area contributed by atoms with Crippen LogP contribution >= 0.6 is 0 Å². The van der Waals surface area contributed by atoms with E-state index < -0.39 is 0 Å². The van der Waals surface area contributed by atoms with Crippen LogP contribution in [0.1, 0.15) is 53.2 Å². The number of benzene rings is 3. The van der Waals surface area contributed by atoms with Crippen molar-refractivity contribution in [1.82, 2.24) is 9.80 Å². The molecular formula is C30H34N2O4. The number of amides is 1. The van der Waals surface area contributed by atoms with Gasteiger partial charge in [0.05, 0.1) is 7.11 Å². The second kappa shape index (κ2) is 11.0. The minimum atomic E-state index is 0.102. The van der Waals surface area contributed by atoms with Gasteiger partial charge in [-0.2, -0.15) is 0 Å². The lowest BCUT2D eigenvalue weighted by Gasteiger charge is -2.29. The average Bonchev–Trinajstić information content (AvgIpc) is 3.58.